The van der Waals surface area contributed by atoms with Crippen molar-refractivity contribution in [2.45, 2.75) is 65.0 Å². The number of aromatic nitrogens is 3. The molecule has 1 aromatic carbocycles. The number of nitrogens with one attached hydrogen (secondary N) is 1. The molecule has 0 radical (unpaired) electrons. The van der Waals surface area contributed by atoms with Gasteiger partial charge in [0, 0.05) is 37.3 Å². The lowest BCUT2D eigenvalue weighted by atomic mass is 9.90. The van der Waals surface area contributed by atoms with Crippen LogP contribution in [0.1, 0.15) is 51.8 Å². The lowest BCUT2D eigenvalue weighted by Crippen LogP contribution is -2.36. The van der Waals surface area contributed by atoms with Gasteiger partial charge in [-0.25, -0.2) is 18.7 Å². The second-order valence-electron chi connectivity index (χ2n) is 10.2. The summed E-state index contributed by atoms with van der Waals surface area (Å²) in [7, 11) is 0. The fourth-order valence-electron chi connectivity index (χ4n) is 4.47. The van der Waals surface area contributed by atoms with Crippen LogP contribution in [0.25, 0.3) is 11.0 Å². The Morgan fingerprint density at radius 3 is 2.50 bits per heavy atom. The summed E-state index contributed by atoms with van der Waals surface area (Å²) in [6, 6.07) is 5.92. The maximum Gasteiger partial charge on any atom is 0.172 e. The van der Waals surface area contributed by atoms with Crippen molar-refractivity contribution in [1.29, 1.82) is 0 Å². The highest BCUT2D eigenvalue weighted by atomic mass is 19.1. The van der Waals surface area contributed by atoms with Crippen LogP contribution >= 0.6 is 0 Å². The van der Waals surface area contributed by atoms with E-state index in [1.165, 1.54) is 6.07 Å². The number of aliphatic hydroxyl groups is 1. The molecule has 0 aliphatic carbocycles. The summed E-state index contributed by atoms with van der Waals surface area (Å²) >= 11 is 0. The summed E-state index contributed by atoms with van der Waals surface area (Å²) in [4.78, 5) is 16.4. The van der Waals surface area contributed by atoms with Crippen molar-refractivity contribution in [2.75, 3.05) is 23.3 Å². The van der Waals surface area contributed by atoms with Gasteiger partial charge in [0.1, 0.15) is 17.2 Å². The summed E-state index contributed by atoms with van der Waals surface area (Å²) in [5.41, 5.74) is 1.92. The largest absolute Gasteiger partial charge is 0.390 e. The summed E-state index contributed by atoms with van der Waals surface area (Å²) in [6.45, 7) is 9.19. The van der Waals surface area contributed by atoms with Gasteiger partial charge in [0.2, 0.25) is 0 Å². The molecule has 2 aromatic heterocycles. The minimum absolute atomic E-state index is 0.187. The highest BCUT2D eigenvalue weighted by Crippen LogP contribution is 2.31. The molecule has 8 heteroatoms. The van der Waals surface area contributed by atoms with E-state index in [1.54, 1.807) is 26.1 Å². The van der Waals surface area contributed by atoms with E-state index in [-0.39, 0.29) is 6.04 Å². The third kappa shape index (κ3) is 5.97. The predicted octanol–water partition coefficient (Wildman–Crippen LogP) is 4.90. The monoisotopic (exact) mass is 469 g/mol. The van der Waals surface area contributed by atoms with Gasteiger partial charge >= 0.3 is 0 Å². The molecule has 2 N–H and O–H groups in total. The van der Waals surface area contributed by atoms with Crippen LogP contribution in [0.3, 0.4) is 0 Å². The quantitative estimate of drug-likeness (QED) is 0.513. The van der Waals surface area contributed by atoms with E-state index in [1.807, 2.05) is 6.07 Å². The van der Waals surface area contributed by atoms with Crippen LogP contribution in [-0.4, -0.2) is 44.8 Å². The fourth-order valence-corrected chi connectivity index (χ4v) is 4.47. The zero-order valence-corrected chi connectivity index (χ0v) is 20.3. The summed E-state index contributed by atoms with van der Waals surface area (Å²) in [6.07, 6.45) is 4.52. The van der Waals surface area contributed by atoms with Crippen LogP contribution in [0.15, 0.2) is 30.5 Å². The molecule has 0 bridgehead atoms. The Morgan fingerprint density at radius 2 is 1.85 bits per heavy atom. The van der Waals surface area contributed by atoms with Gasteiger partial charge in [0.15, 0.2) is 11.6 Å². The molecule has 0 unspecified atom stereocenters. The maximum absolute atomic E-state index is 14.1. The number of anilines is 2. The molecular formula is C26H33F2N5O. The van der Waals surface area contributed by atoms with E-state index >= 15 is 0 Å². The molecule has 0 spiro atoms. The standard InChI is InChI=1S/C26H33F2N5O/c1-16(2)30-24-25(32-22-13-20(14-26(3,4)34)29-15-23(22)31-24)33-9-7-17(8-10-33)11-18-5-6-19(27)12-21(18)28/h5-6,12-13,15-17,34H,7-11,14H2,1-4H3,(H,30,31). The highest BCUT2D eigenvalue weighted by Gasteiger charge is 2.25. The Balaban J connectivity index is 1.55. The number of pyridine rings is 1. The minimum atomic E-state index is -0.859. The molecule has 1 aliphatic heterocycles. The van der Waals surface area contributed by atoms with Gasteiger partial charge in [-0.05, 0) is 70.6 Å². The number of benzene rings is 1. The van der Waals surface area contributed by atoms with Crippen LogP contribution in [0.4, 0.5) is 20.4 Å². The first-order valence-electron chi connectivity index (χ1n) is 11.9. The summed E-state index contributed by atoms with van der Waals surface area (Å²) in [5.74, 6) is 0.836. The van der Waals surface area contributed by atoms with E-state index < -0.39 is 17.2 Å². The zero-order chi connectivity index (χ0) is 24.5. The van der Waals surface area contributed by atoms with Crippen molar-refractivity contribution in [3.63, 3.8) is 0 Å². The molecule has 1 fully saturated rings. The smallest absolute Gasteiger partial charge is 0.172 e. The molecule has 3 aromatic rings. The van der Waals surface area contributed by atoms with Crippen molar-refractivity contribution >= 4 is 22.7 Å². The number of rotatable bonds is 7. The van der Waals surface area contributed by atoms with Crippen molar-refractivity contribution in [1.82, 2.24) is 15.0 Å². The van der Waals surface area contributed by atoms with Gasteiger partial charge in [-0.2, -0.15) is 0 Å². The topological polar surface area (TPSA) is 74.2 Å². The molecule has 4 rings (SSSR count). The van der Waals surface area contributed by atoms with E-state index in [9.17, 15) is 13.9 Å². The Morgan fingerprint density at radius 1 is 1.12 bits per heavy atom. The third-order valence-electron chi connectivity index (χ3n) is 6.07. The van der Waals surface area contributed by atoms with E-state index in [2.05, 4.69) is 29.0 Å². The fraction of sp³-hybridized carbons (Fsp3) is 0.500. The summed E-state index contributed by atoms with van der Waals surface area (Å²) < 4.78 is 27.3. The average Bonchev–Trinajstić information content (AvgIpc) is 2.74. The first-order valence-corrected chi connectivity index (χ1v) is 11.9. The average molecular weight is 470 g/mol. The normalized spacial score (nSPS) is 15.4. The van der Waals surface area contributed by atoms with Gasteiger partial charge in [-0.15, -0.1) is 0 Å². The molecule has 1 aliphatic rings. The molecular weight excluding hydrogens is 436 g/mol. The highest BCUT2D eigenvalue weighted by molar-refractivity contribution is 5.80. The molecule has 0 amide bonds. The number of nitrogens with zero attached hydrogens (tertiary/aromatic N) is 4. The van der Waals surface area contributed by atoms with Crippen molar-refractivity contribution in [3.05, 3.63) is 53.4 Å². The Labute approximate surface area is 199 Å². The number of hydrogen-bond acceptors (Lipinski definition) is 6. The van der Waals surface area contributed by atoms with Crippen LogP contribution in [0.5, 0.6) is 0 Å². The Hall–Kier alpha value is -2.87. The lowest BCUT2D eigenvalue weighted by Gasteiger charge is -2.34. The molecule has 6 nitrogen and oxygen atoms in total. The van der Waals surface area contributed by atoms with Gasteiger partial charge in [-0.1, -0.05) is 6.07 Å². The van der Waals surface area contributed by atoms with E-state index in [4.69, 9.17) is 9.97 Å². The molecule has 0 saturated carbocycles. The van der Waals surface area contributed by atoms with E-state index in [0.717, 1.165) is 54.8 Å². The van der Waals surface area contributed by atoms with Gasteiger partial charge < -0.3 is 15.3 Å². The number of fused-ring (bicyclic) bond motifs is 1. The molecule has 0 atom stereocenters. The molecule has 1 saturated heterocycles. The Kier molecular flexibility index (Phi) is 6.98. The van der Waals surface area contributed by atoms with Crippen LogP contribution < -0.4 is 10.2 Å². The molecule has 182 valence electrons. The van der Waals surface area contributed by atoms with Crippen molar-refractivity contribution < 1.29 is 13.9 Å². The second kappa shape index (κ2) is 9.78. The lowest BCUT2D eigenvalue weighted by molar-refractivity contribution is 0.0800. The third-order valence-corrected chi connectivity index (χ3v) is 6.07. The van der Waals surface area contributed by atoms with Gasteiger partial charge in [0.05, 0.1) is 17.3 Å². The number of piperidine rings is 1. The maximum atomic E-state index is 14.1. The SMILES string of the molecule is CC(C)Nc1nc2cnc(CC(C)(C)O)cc2nc1N1CCC(Cc2ccc(F)cc2F)CC1. The number of hydrogen-bond donors (Lipinski definition) is 2. The predicted molar refractivity (Wildman–Crippen MR) is 131 cm³/mol. The molecule has 3 heterocycles. The van der Waals surface area contributed by atoms with Crippen molar-refractivity contribution in [2.24, 2.45) is 5.92 Å². The zero-order valence-electron chi connectivity index (χ0n) is 20.3. The van der Waals surface area contributed by atoms with Crippen molar-refractivity contribution in [3.8, 4) is 0 Å². The second-order valence-corrected chi connectivity index (χ2v) is 10.2. The van der Waals surface area contributed by atoms with Gasteiger partial charge in [-0.3, -0.25) is 4.98 Å². The Bertz CT molecular complexity index is 1150. The van der Waals surface area contributed by atoms with Gasteiger partial charge in [0.25, 0.3) is 0 Å². The number of halogens is 2. The van der Waals surface area contributed by atoms with Crippen LogP contribution in [-0.2, 0) is 12.8 Å². The first-order chi connectivity index (χ1) is 16.1. The minimum Gasteiger partial charge on any atom is -0.390 e. The van der Waals surface area contributed by atoms with Crippen LogP contribution in [0.2, 0.25) is 0 Å². The molecule has 34 heavy (non-hydrogen) atoms. The first kappa shape index (κ1) is 24.3. The van der Waals surface area contributed by atoms with Crippen LogP contribution in [0, 0.1) is 17.6 Å². The van der Waals surface area contributed by atoms with E-state index in [0.29, 0.717) is 29.8 Å². The summed E-state index contributed by atoms with van der Waals surface area (Å²) in [5, 5.41) is 13.6.